The molecule has 1 saturated heterocycles. The van der Waals surface area contributed by atoms with Gasteiger partial charge < -0.3 is 10.2 Å². The minimum atomic E-state index is 0.394. The van der Waals surface area contributed by atoms with E-state index in [-0.39, 0.29) is 0 Å². The highest BCUT2D eigenvalue weighted by Gasteiger charge is 2.26. The quantitative estimate of drug-likeness (QED) is 0.770. The molecule has 2 fully saturated rings. The maximum absolute atomic E-state index is 11.9. The molecule has 0 aromatic carbocycles. The minimum Gasteiger partial charge on any atom is -0.342 e. The van der Waals surface area contributed by atoms with Gasteiger partial charge in [-0.25, -0.2) is 0 Å². The Bertz CT molecular complexity index is 238. The highest BCUT2D eigenvalue weighted by Crippen LogP contribution is 2.30. The van der Waals surface area contributed by atoms with Gasteiger partial charge >= 0.3 is 0 Å². The van der Waals surface area contributed by atoms with Crippen molar-refractivity contribution in [3.05, 3.63) is 0 Å². The average molecular weight is 224 g/mol. The second-order valence-electron chi connectivity index (χ2n) is 5.39. The Morgan fingerprint density at radius 2 is 2.12 bits per heavy atom. The summed E-state index contributed by atoms with van der Waals surface area (Å²) in [5, 5.41) is 3.20. The molecule has 0 radical (unpaired) electrons. The zero-order valence-electron chi connectivity index (χ0n) is 10.4. The molecular weight excluding hydrogens is 200 g/mol. The lowest BCUT2D eigenvalue weighted by Crippen LogP contribution is -2.30. The summed E-state index contributed by atoms with van der Waals surface area (Å²) in [4.78, 5) is 14.0. The van der Waals surface area contributed by atoms with Gasteiger partial charge in [0.05, 0.1) is 0 Å². The van der Waals surface area contributed by atoms with Gasteiger partial charge in [-0.2, -0.15) is 0 Å². The number of likely N-dealkylation sites (tertiary alicyclic amines) is 1. The van der Waals surface area contributed by atoms with Crippen molar-refractivity contribution in [3.63, 3.8) is 0 Å². The normalized spacial score (nSPS) is 25.8. The Morgan fingerprint density at radius 3 is 2.75 bits per heavy atom. The number of carbonyl (C=O) groups excluding carboxylic acids is 1. The number of nitrogens with zero attached hydrogens (tertiary/aromatic N) is 1. The minimum absolute atomic E-state index is 0.394. The first-order valence-corrected chi connectivity index (χ1v) is 6.72. The van der Waals surface area contributed by atoms with E-state index in [4.69, 9.17) is 0 Å². The van der Waals surface area contributed by atoms with Gasteiger partial charge in [-0.15, -0.1) is 0 Å². The zero-order valence-corrected chi connectivity index (χ0v) is 10.4. The Hall–Kier alpha value is -0.570. The summed E-state index contributed by atoms with van der Waals surface area (Å²) in [6.45, 7) is 3.01. The van der Waals surface area contributed by atoms with Crippen molar-refractivity contribution in [1.82, 2.24) is 10.2 Å². The molecule has 2 rings (SSSR count). The number of hydrogen-bond acceptors (Lipinski definition) is 2. The standard InChI is InChI=1S/C13H24N2O/c1-14-9-12-7-8-15(10-12)13(16)6-5-11-3-2-4-11/h11-12,14H,2-10H2,1H3. The first-order chi connectivity index (χ1) is 7.79. The van der Waals surface area contributed by atoms with Gasteiger partial charge in [0.1, 0.15) is 0 Å². The van der Waals surface area contributed by atoms with Crippen molar-refractivity contribution in [2.24, 2.45) is 11.8 Å². The molecule has 1 N–H and O–H groups in total. The lowest BCUT2D eigenvalue weighted by Gasteiger charge is -2.26. The summed E-state index contributed by atoms with van der Waals surface area (Å²) in [5.74, 6) is 1.93. The molecule has 1 atom stereocenters. The molecule has 0 aromatic heterocycles. The Balaban J connectivity index is 1.65. The van der Waals surface area contributed by atoms with Crippen molar-refractivity contribution in [3.8, 4) is 0 Å². The molecule has 92 valence electrons. The van der Waals surface area contributed by atoms with Crippen molar-refractivity contribution >= 4 is 5.91 Å². The fraction of sp³-hybridized carbons (Fsp3) is 0.923. The maximum Gasteiger partial charge on any atom is 0.222 e. The lowest BCUT2D eigenvalue weighted by molar-refractivity contribution is -0.130. The van der Waals surface area contributed by atoms with Crippen LogP contribution in [0.1, 0.15) is 38.5 Å². The summed E-state index contributed by atoms with van der Waals surface area (Å²) in [5.41, 5.74) is 0. The summed E-state index contributed by atoms with van der Waals surface area (Å²) >= 11 is 0. The number of nitrogens with one attached hydrogen (secondary N) is 1. The van der Waals surface area contributed by atoms with Gasteiger partial charge in [0, 0.05) is 19.5 Å². The van der Waals surface area contributed by atoms with E-state index in [0.717, 1.165) is 38.4 Å². The van der Waals surface area contributed by atoms with Crippen LogP contribution in [-0.4, -0.2) is 37.5 Å². The lowest BCUT2D eigenvalue weighted by atomic mass is 9.82. The van der Waals surface area contributed by atoms with Crippen LogP contribution in [0, 0.1) is 11.8 Å². The number of amides is 1. The molecule has 1 heterocycles. The molecule has 1 amide bonds. The first kappa shape index (κ1) is 11.9. The van der Waals surface area contributed by atoms with Crippen molar-refractivity contribution in [1.29, 1.82) is 0 Å². The van der Waals surface area contributed by atoms with E-state index < -0.39 is 0 Å². The molecule has 16 heavy (non-hydrogen) atoms. The van der Waals surface area contributed by atoms with Crippen LogP contribution in [-0.2, 0) is 4.79 Å². The zero-order chi connectivity index (χ0) is 11.4. The molecule has 3 nitrogen and oxygen atoms in total. The fourth-order valence-corrected chi connectivity index (χ4v) is 2.78. The van der Waals surface area contributed by atoms with E-state index in [1.54, 1.807) is 0 Å². The highest BCUT2D eigenvalue weighted by atomic mass is 16.2. The third kappa shape index (κ3) is 2.97. The summed E-state index contributed by atoms with van der Waals surface area (Å²) in [6, 6.07) is 0. The molecular formula is C13H24N2O. The van der Waals surface area contributed by atoms with Crippen LogP contribution in [0.25, 0.3) is 0 Å². The summed E-state index contributed by atoms with van der Waals surface area (Å²) in [7, 11) is 1.99. The van der Waals surface area contributed by atoms with Crippen molar-refractivity contribution < 1.29 is 4.79 Å². The van der Waals surface area contributed by atoms with Crippen LogP contribution in [0.2, 0.25) is 0 Å². The largest absolute Gasteiger partial charge is 0.342 e. The smallest absolute Gasteiger partial charge is 0.222 e. The SMILES string of the molecule is CNCC1CCN(C(=O)CCC2CCC2)C1. The molecule has 1 saturated carbocycles. The van der Waals surface area contributed by atoms with Gasteiger partial charge in [-0.1, -0.05) is 19.3 Å². The summed E-state index contributed by atoms with van der Waals surface area (Å²) in [6.07, 6.45) is 7.19. The van der Waals surface area contributed by atoms with E-state index in [0.29, 0.717) is 11.8 Å². The summed E-state index contributed by atoms with van der Waals surface area (Å²) < 4.78 is 0. The Kier molecular flexibility index (Phi) is 4.22. The van der Waals surface area contributed by atoms with Gasteiger partial charge in [0.2, 0.25) is 5.91 Å². The number of carbonyl (C=O) groups is 1. The molecule has 0 spiro atoms. The van der Waals surface area contributed by atoms with Gasteiger partial charge in [-0.05, 0) is 38.3 Å². The third-order valence-corrected chi connectivity index (χ3v) is 4.12. The van der Waals surface area contributed by atoms with Crippen LogP contribution in [0.4, 0.5) is 0 Å². The van der Waals surface area contributed by atoms with Crippen molar-refractivity contribution in [2.75, 3.05) is 26.7 Å². The Morgan fingerprint density at radius 1 is 1.31 bits per heavy atom. The van der Waals surface area contributed by atoms with Crippen LogP contribution < -0.4 is 5.32 Å². The van der Waals surface area contributed by atoms with Crippen LogP contribution >= 0.6 is 0 Å². The van der Waals surface area contributed by atoms with Crippen LogP contribution in [0.3, 0.4) is 0 Å². The second-order valence-corrected chi connectivity index (χ2v) is 5.39. The van der Waals surface area contributed by atoms with E-state index in [9.17, 15) is 4.79 Å². The highest BCUT2D eigenvalue weighted by molar-refractivity contribution is 5.76. The van der Waals surface area contributed by atoms with Gasteiger partial charge in [-0.3, -0.25) is 4.79 Å². The average Bonchev–Trinajstić information content (AvgIpc) is 2.64. The van der Waals surface area contributed by atoms with Crippen molar-refractivity contribution in [2.45, 2.75) is 38.5 Å². The predicted octanol–water partition coefficient (Wildman–Crippen LogP) is 1.63. The molecule has 1 aliphatic heterocycles. The van der Waals surface area contributed by atoms with Gasteiger partial charge in [0.15, 0.2) is 0 Å². The van der Waals surface area contributed by atoms with E-state index in [2.05, 4.69) is 10.2 Å². The first-order valence-electron chi connectivity index (χ1n) is 6.72. The molecule has 1 aliphatic carbocycles. The van der Waals surface area contributed by atoms with E-state index >= 15 is 0 Å². The van der Waals surface area contributed by atoms with Crippen LogP contribution in [0.15, 0.2) is 0 Å². The molecule has 0 aromatic rings. The van der Waals surface area contributed by atoms with E-state index in [1.165, 1.54) is 25.7 Å². The maximum atomic E-state index is 11.9. The monoisotopic (exact) mass is 224 g/mol. The fourth-order valence-electron chi connectivity index (χ4n) is 2.78. The number of rotatable bonds is 5. The topological polar surface area (TPSA) is 32.3 Å². The number of hydrogen-bond donors (Lipinski definition) is 1. The Labute approximate surface area is 98.6 Å². The van der Waals surface area contributed by atoms with Gasteiger partial charge in [0.25, 0.3) is 0 Å². The molecule has 1 unspecified atom stereocenters. The molecule has 0 bridgehead atoms. The third-order valence-electron chi connectivity index (χ3n) is 4.12. The van der Waals surface area contributed by atoms with E-state index in [1.807, 2.05) is 7.05 Å². The predicted molar refractivity (Wildman–Crippen MR) is 65.2 cm³/mol. The second kappa shape index (κ2) is 5.67. The molecule has 3 heteroatoms. The molecule has 2 aliphatic rings. The van der Waals surface area contributed by atoms with Crippen LogP contribution in [0.5, 0.6) is 0 Å².